The molecule has 4 heteroatoms. The van der Waals surface area contributed by atoms with Crippen LogP contribution in [0.1, 0.15) is 43.9 Å². The summed E-state index contributed by atoms with van der Waals surface area (Å²) in [6, 6.07) is 0.423. The fourth-order valence-electron chi connectivity index (χ4n) is 2.51. The van der Waals surface area contributed by atoms with Crippen LogP contribution >= 0.6 is 11.3 Å². The Balaban J connectivity index is 2.24. The third-order valence-electron chi connectivity index (χ3n) is 3.54. The molecule has 1 aromatic heterocycles. The number of thiazole rings is 1. The third-order valence-corrected chi connectivity index (χ3v) is 4.83. The first-order valence-corrected chi connectivity index (χ1v) is 7.17. The summed E-state index contributed by atoms with van der Waals surface area (Å²) in [5.41, 5.74) is 7.23. The van der Waals surface area contributed by atoms with Gasteiger partial charge in [0.25, 0.3) is 0 Å². The summed E-state index contributed by atoms with van der Waals surface area (Å²) < 4.78 is 0. The predicted molar refractivity (Wildman–Crippen MR) is 73.3 cm³/mol. The van der Waals surface area contributed by atoms with Crippen molar-refractivity contribution in [2.75, 3.05) is 20.1 Å². The summed E-state index contributed by atoms with van der Waals surface area (Å²) in [4.78, 5) is 7.22. The van der Waals surface area contributed by atoms with Crippen LogP contribution in [0.4, 0.5) is 0 Å². The molecule has 2 rings (SSSR count). The fourth-order valence-corrected chi connectivity index (χ4v) is 3.44. The number of hydrogen-bond acceptors (Lipinski definition) is 4. The summed E-state index contributed by atoms with van der Waals surface area (Å²) in [7, 11) is 2.18. The minimum atomic E-state index is 0.151. The van der Waals surface area contributed by atoms with E-state index in [0.29, 0.717) is 12.0 Å². The van der Waals surface area contributed by atoms with E-state index in [1.165, 1.54) is 17.1 Å². The zero-order chi connectivity index (χ0) is 12.6. The van der Waals surface area contributed by atoms with Gasteiger partial charge in [0.2, 0.25) is 0 Å². The molecule has 1 aliphatic heterocycles. The highest BCUT2D eigenvalue weighted by atomic mass is 32.1. The first-order valence-electron chi connectivity index (χ1n) is 6.29. The van der Waals surface area contributed by atoms with Gasteiger partial charge in [-0.05, 0) is 32.5 Å². The normalized spacial score (nSPS) is 26.6. The highest BCUT2D eigenvalue weighted by Gasteiger charge is 2.34. The van der Waals surface area contributed by atoms with Gasteiger partial charge in [-0.15, -0.1) is 11.3 Å². The first-order chi connectivity index (χ1) is 7.93. The minimum absolute atomic E-state index is 0.151. The van der Waals surface area contributed by atoms with Gasteiger partial charge in [0.15, 0.2) is 0 Å². The maximum atomic E-state index is 5.87. The molecule has 0 radical (unpaired) electrons. The van der Waals surface area contributed by atoms with Crippen molar-refractivity contribution in [3.05, 3.63) is 16.1 Å². The van der Waals surface area contributed by atoms with Gasteiger partial charge in [-0.1, -0.05) is 20.8 Å². The number of nitrogens with zero attached hydrogens (tertiary/aromatic N) is 2. The summed E-state index contributed by atoms with van der Waals surface area (Å²) >= 11 is 1.78. The van der Waals surface area contributed by atoms with E-state index in [1.807, 2.05) is 0 Å². The van der Waals surface area contributed by atoms with E-state index in [1.54, 1.807) is 11.3 Å². The molecule has 0 saturated carbocycles. The molecule has 2 heterocycles. The molecule has 0 aliphatic carbocycles. The predicted octanol–water partition coefficient (Wildman–Crippen LogP) is 2.39. The molecule has 1 aliphatic rings. The van der Waals surface area contributed by atoms with Crippen LogP contribution in [0.15, 0.2) is 5.38 Å². The Hall–Kier alpha value is -0.450. The van der Waals surface area contributed by atoms with Gasteiger partial charge in [-0.3, -0.25) is 4.90 Å². The molecule has 0 amide bonds. The number of likely N-dealkylation sites (tertiary alicyclic amines) is 1. The van der Waals surface area contributed by atoms with E-state index in [9.17, 15) is 0 Å². The summed E-state index contributed by atoms with van der Waals surface area (Å²) in [6.45, 7) is 8.55. The zero-order valence-electron chi connectivity index (χ0n) is 11.2. The molecule has 1 saturated heterocycles. The maximum Gasteiger partial charge on any atom is 0.0982 e. The molecule has 0 bridgehead atoms. The molecular weight excluding hydrogens is 230 g/mol. The van der Waals surface area contributed by atoms with Crippen LogP contribution in [0.5, 0.6) is 0 Å². The topological polar surface area (TPSA) is 42.1 Å². The Labute approximate surface area is 108 Å². The van der Waals surface area contributed by atoms with E-state index in [2.05, 4.69) is 38.1 Å². The van der Waals surface area contributed by atoms with E-state index in [-0.39, 0.29) is 5.41 Å². The number of rotatable bonds is 2. The van der Waals surface area contributed by atoms with Crippen molar-refractivity contribution in [3.8, 4) is 0 Å². The first kappa shape index (κ1) is 13.0. The smallest absolute Gasteiger partial charge is 0.0982 e. The van der Waals surface area contributed by atoms with Crippen molar-refractivity contribution in [2.24, 2.45) is 11.7 Å². The lowest BCUT2D eigenvalue weighted by molar-refractivity contribution is 0.274. The molecule has 0 aromatic carbocycles. The van der Waals surface area contributed by atoms with Crippen molar-refractivity contribution >= 4 is 11.3 Å². The SMILES string of the molecule is CN1CCC(CN)C1c1csc(C(C)(C)C)n1. The lowest BCUT2D eigenvalue weighted by Gasteiger charge is -2.22. The zero-order valence-corrected chi connectivity index (χ0v) is 12.0. The molecule has 2 atom stereocenters. The van der Waals surface area contributed by atoms with Crippen molar-refractivity contribution < 1.29 is 0 Å². The molecule has 2 N–H and O–H groups in total. The Morgan fingerprint density at radius 1 is 1.53 bits per heavy atom. The van der Waals surface area contributed by atoms with E-state index >= 15 is 0 Å². The van der Waals surface area contributed by atoms with Crippen molar-refractivity contribution in [2.45, 2.75) is 38.6 Å². The second kappa shape index (κ2) is 4.67. The number of aromatic nitrogens is 1. The summed E-state index contributed by atoms with van der Waals surface area (Å²) in [5, 5.41) is 3.44. The quantitative estimate of drug-likeness (QED) is 0.880. The van der Waals surface area contributed by atoms with Gasteiger partial charge in [-0.25, -0.2) is 4.98 Å². The van der Waals surface area contributed by atoms with Gasteiger partial charge in [0.05, 0.1) is 16.7 Å². The Bertz CT molecular complexity index is 380. The van der Waals surface area contributed by atoms with Crippen LogP contribution in [0.2, 0.25) is 0 Å². The van der Waals surface area contributed by atoms with E-state index in [0.717, 1.165) is 13.1 Å². The van der Waals surface area contributed by atoms with Gasteiger partial charge in [0, 0.05) is 10.8 Å². The van der Waals surface area contributed by atoms with E-state index in [4.69, 9.17) is 10.7 Å². The Morgan fingerprint density at radius 2 is 2.24 bits per heavy atom. The standard InChI is InChI=1S/C13H23N3S/c1-13(2,3)12-15-10(8-17-12)11-9(7-14)5-6-16(11)4/h8-9,11H,5-7,14H2,1-4H3. The largest absolute Gasteiger partial charge is 0.330 e. The van der Waals surface area contributed by atoms with Gasteiger partial charge in [-0.2, -0.15) is 0 Å². The van der Waals surface area contributed by atoms with Crippen molar-refractivity contribution in [3.63, 3.8) is 0 Å². The van der Waals surface area contributed by atoms with Gasteiger partial charge < -0.3 is 5.73 Å². The number of nitrogens with two attached hydrogens (primary N) is 1. The second-order valence-electron chi connectivity index (χ2n) is 6.04. The highest BCUT2D eigenvalue weighted by Crippen LogP contribution is 2.37. The summed E-state index contributed by atoms with van der Waals surface area (Å²) in [5.74, 6) is 0.565. The van der Waals surface area contributed by atoms with Crippen LogP contribution in [0, 0.1) is 5.92 Å². The molecule has 2 unspecified atom stereocenters. The molecule has 96 valence electrons. The van der Waals surface area contributed by atoms with Crippen LogP contribution in [0.3, 0.4) is 0 Å². The van der Waals surface area contributed by atoms with Crippen LogP contribution in [0.25, 0.3) is 0 Å². The summed E-state index contributed by atoms with van der Waals surface area (Å²) in [6.07, 6.45) is 1.19. The number of hydrogen-bond donors (Lipinski definition) is 1. The molecule has 1 aromatic rings. The van der Waals surface area contributed by atoms with E-state index < -0.39 is 0 Å². The van der Waals surface area contributed by atoms with Crippen molar-refractivity contribution in [1.82, 2.24) is 9.88 Å². The lowest BCUT2D eigenvalue weighted by Crippen LogP contribution is -2.25. The monoisotopic (exact) mass is 253 g/mol. The van der Waals surface area contributed by atoms with Gasteiger partial charge in [0.1, 0.15) is 0 Å². The van der Waals surface area contributed by atoms with Gasteiger partial charge >= 0.3 is 0 Å². The highest BCUT2D eigenvalue weighted by molar-refractivity contribution is 7.09. The molecule has 0 spiro atoms. The molecule has 17 heavy (non-hydrogen) atoms. The lowest BCUT2D eigenvalue weighted by atomic mass is 9.97. The van der Waals surface area contributed by atoms with Crippen LogP contribution in [-0.4, -0.2) is 30.0 Å². The Morgan fingerprint density at radius 3 is 2.76 bits per heavy atom. The minimum Gasteiger partial charge on any atom is -0.330 e. The fraction of sp³-hybridized carbons (Fsp3) is 0.769. The molecule has 1 fully saturated rings. The van der Waals surface area contributed by atoms with Crippen LogP contribution < -0.4 is 5.73 Å². The van der Waals surface area contributed by atoms with Crippen molar-refractivity contribution in [1.29, 1.82) is 0 Å². The average molecular weight is 253 g/mol. The second-order valence-corrected chi connectivity index (χ2v) is 6.90. The third kappa shape index (κ3) is 2.54. The average Bonchev–Trinajstić information content (AvgIpc) is 2.82. The maximum absolute atomic E-state index is 5.87. The van der Waals surface area contributed by atoms with Crippen LogP contribution in [-0.2, 0) is 5.41 Å². The Kier molecular flexibility index (Phi) is 3.57. The molecular formula is C13H23N3S. The molecule has 3 nitrogen and oxygen atoms in total.